The normalized spacial score (nSPS) is 10.6. The summed E-state index contributed by atoms with van der Waals surface area (Å²) in [5.41, 5.74) is 2.66. The Morgan fingerprint density at radius 2 is 1.65 bits per heavy atom. The van der Waals surface area contributed by atoms with E-state index in [1.54, 1.807) is 19.1 Å². The topological polar surface area (TPSA) is 0 Å². The molecule has 0 saturated heterocycles. The van der Waals surface area contributed by atoms with Crippen molar-refractivity contribution in [3.05, 3.63) is 58.1 Å². The van der Waals surface area contributed by atoms with Crippen LogP contribution in [-0.4, -0.2) is 0 Å². The van der Waals surface area contributed by atoms with Crippen molar-refractivity contribution in [2.24, 2.45) is 0 Å². The van der Waals surface area contributed by atoms with E-state index in [9.17, 15) is 8.78 Å². The van der Waals surface area contributed by atoms with Crippen LogP contribution in [-0.2, 0) is 0 Å². The van der Waals surface area contributed by atoms with E-state index >= 15 is 0 Å². The highest BCUT2D eigenvalue weighted by atomic mass is 35.5. The quantitative estimate of drug-likeness (QED) is 0.677. The maximum Gasteiger partial charge on any atom is 0.129 e. The van der Waals surface area contributed by atoms with Crippen molar-refractivity contribution < 1.29 is 8.78 Å². The summed E-state index contributed by atoms with van der Waals surface area (Å²) >= 11 is 5.91. The van der Waals surface area contributed by atoms with Gasteiger partial charge in [-0.3, -0.25) is 0 Å². The summed E-state index contributed by atoms with van der Waals surface area (Å²) in [6.07, 6.45) is 0. The average molecular weight is 253 g/mol. The molecule has 0 bridgehead atoms. The zero-order chi connectivity index (χ0) is 12.6. The van der Waals surface area contributed by atoms with Gasteiger partial charge in [0.25, 0.3) is 0 Å². The summed E-state index contributed by atoms with van der Waals surface area (Å²) in [6, 6.07) is 7.53. The van der Waals surface area contributed by atoms with E-state index < -0.39 is 11.6 Å². The Labute approximate surface area is 104 Å². The molecule has 0 N–H and O–H groups in total. The molecule has 17 heavy (non-hydrogen) atoms. The van der Waals surface area contributed by atoms with Crippen molar-refractivity contribution in [1.29, 1.82) is 0 Å². The highest BCUT2D eigenvalue weighted by Gasteiger charge is 2.11. The molecule has 0 spiro atoms. The molecular weight excluding hydrogens is 242 g/mol. The summed E-state index contributed by atoms with van der Waals surface area (Å²) in [6.45, 7) is 3.51. The van der Waals surface area contributed by atoms with Crippen molar-refractivity contribution in [2.75, 3.05) is 0 Å². The number of rotatable bonds is 1. The van der Waals surface area contributed by atoms with Crippen LogP contribution >= 0.6 is 11.6 Å². The maximum absolute atomic E-state index is 13.5. The Balaban J connectivity index is 2.72. The molecule has 88 valence electrons. The van der Waals surface area contributed by atoms with Crippen LogP contribution in [0.4, 0.5) is 8.78 Å². The molecule has 0 fully saturated rings. The number of aryl methyl sites for hydroxylation is 1. The van der Waals surface area contributed by atoms with Crippen molar-refractivity contribution in [2.45, 2.75) is 13.8 Å². The summed E-state index contributed by atoms with van der Waals surface area (Å²) < 4.78 is 26.7. The number of halogens is 3. The average Bonchev–Trinajstić information content (AvgIpc) is 2.27. The fourth-order valence-electron chi connectivity index (χ4n) is 1.81. The minimum atomic E-state index is -0.581. The third-order valence-corrected chi connectivity index (χ3v) is 3.03. The number of benzene rings is 2. The van der Waals surface area contributed by atoms with Crippen LogP contribution < -0.4 is 0 Å². The van der Waals surface area contributed by atoms with E-state index in [0.717, 1.165) is 17.2 Å². The number of hydrogen-bond donors (Lipinski definition) is 0. The van der Waals surface area contributed by atoms with Gasteiger partial charge in [0.2, 0.25) is 0 Å². The first kappa shape index (κ1) is 12.1. The maximum atomic E-state index is 13.5. The Kier molecular flexibility index (Phi) is 3.16. The molecule has 0 amide bonds. The van der Waals surface area contributed by atoms with Gasteiger partial charge in [-0.1, -0.05) is 17.7 Å². The minimum Gasteiger partial charge on any atom is -0.207 e. The lowest BCUT2D eigenvalue weighted by Crippen LogP contribution is -1.93. The highest BCUT2D eigenvalue weighted by Crippen LogP contribution is 2.31. The Hall–Kier alpha value is -1.41. The molecule has 0 atom stereocenters. The Bertz CT molecular complexity index is 577. The van der Waals surface area contributed by atoms with Crippen molar-refractivity contribution in [3.8, 4) is 11.1 Å². The fraction of sp³-hybridized carbons (Fsp3) is 0.143. The predicted molar refractivity (Wildman–Crippen MR) is 66.3 cm³/mol. The molecule has 2 rings (SSSR count). The van der Waals surface area contributed by atoms with Gasteiger partial charge in [0.15, 0.2) is 0 Å². The first-order valence-corrected chi connectivity index (χ1v) is 5.59. The van der Waals surface area contributed by atoms with Crippen molar-refractivity contribution in [3.63, 3.8) is 0 Å². The van der Waals surface area contributed by atoms with E-state index in [2.05, 4.69) is 0 Å². The van der Waals surface area contributed by atoms with Crippen LogP contribution in [0.5, 0.6) is 0 Å². The molecule has 3 heteroatoms. The second-order valence-electron chi connectivity index (χ2n) is 4.02. The van der Waals surface area contributed by atoms with Crippen LogP contribution in [0.1, 0.15) is 11.1 Å². The molecular formula is C14H11ClF2. The van der Waals surface area contributed by atoms with Gasteiger partial charge < -0.3 is 0 Å². The SMILES string of the molecule is Cc1ccc(Cl)cc1-c1cc(F)cc(F)c1C. The Morgan fingerprint density at radius 3 is 2.35 bits per heavy atom. The third kappa shape index (κ3) is 2.32. The van der Waals surface area contributed by atoms with E-state index in [1.165, 1.54) is 6.07 Å². The second kappa shape index (κ2) is 4.46. The lowest BCUT2D eigenvalue weighted by Gasteiger charge is -2.11. The molecule has 0 aliphatic rings. The molecule has 0 aliphatic heterocycles. The zero-order valence-electron chi connectivity index (χ0n) is 9.52. The molecule has 2 aromatic carbocycles. The molecule has 0 aliphatic carbocycles. The summed E-state index contributed by atoms with van der Waals surface area (Å²) in [5.74, 6) is -1.12. The third-order valence-electron chi connectivity index (χ3n) is 2.80. The van der Waals surface area contributed by atoms with E-state index in [0.29, 0.717) is 16.1 Å². The van der Waals surface area contributed by atoms with E-state index in [1.807, 2.05) is 13.0 Å². The molecule has 0 radical (unpaired) electrons. The smallest absolute Gasteiger partial charge is 0.129 e. The molecule has 0 saturated carbocycles. The lowest BCUT2D eigenvalue weighted by molar-refractivity contribution is 0.578. The predicted octanol–water partition coefficient (Wildman–Crippen LogP) is 4.90. The van der Waals surface area contributed by atoms with Gasteiger partial charge in [0, 0.05) is 11.1 Å². The second-order valence-corrected chi connectivity index (χ2v) is 4.46. The molecule has 0 unspecified atom stereocenters. The Morgan fingerprint density at radius 1 is 0.941 bits per heavy atom. The van der Waals surface area contributed by atoms with Crippen LogP contribution in [0.25, 0.3) is 11.1 Å². The fourth-order valence-corrected chi connectivity index (χ4v) is 1.98. The first-order chi connectivity index (χ1) is 7.99. The van der Waals surface area contributed by atoms with Gasteiger partial charge in [0.1, 0.15) is 11.6 Å². The summed E-state index contributed by atoms with van der Waals surface area (Å²) in [5, 5.41) is 0.551. The minimum absolute atomic E-state index is 0.428. The van der Waals surface area contributed by atoms with E-state index in [-0.39, 0.29) is 0 Å². The van der Waals surface area contributed by atoms with Crippen LogP contribution in [0.2, 0.25) is 5.02 Å². The zero-order valence-corrected chi connectivity index (χ0v) is 10.3. The molecule has 0 nitrogen and oxygen atoms in total. The van der Waals surface area contributed by atoms with Crippen molar-refractivity contribution in [1.82, 2.24) is 0 Å². The van der Waals surface area contributed by atoms with Gasteiger partial charge in [-0.2, -0.15) is 0 Å². The van der Waals surface area contributed by atoms with Crippen LogP contribution in [0, 0.1) is 25.5 Å². The molecule has 0 heterocycles. The molecule has 0 aromatic heterocycles. The summed E-state index contributed by atoms with van der Waals surface area (Å²) in [4.78, 5) is 0. The van der Waals surface area contributed by atoms with Gasteiger partial charge in [-0.15, -0.1) is 0 Å². The highest BCUT2D eigenvalue weighted by molar-refractivity contribution is 6.30. The van der Waals surface area contributed by atoms with Gasteiger partial charge >= 0.3 is 0 Å². The largest absolute Gasteiger partial charge is 0.207 e. The summed E-state index contributed by atoms with van der Waals surface area (Å²) in [7, 11) is 0. The van der Waals surface area contributed by atoms with Gasteiger partial charge in [0.05, 0.1) is 0 Å². The van der Waals surface area contributed by atoms with Crippen molar-refractivity contribution >= 4 is 11.6 Å². The molecule has 2 aromatic rings. The van der Waals surface area contributed by atoms with Crippen LogP contribution in [0.15, 0.2) is 30.3 Å². The lowest BCUT2D eigenvalue weighted by atomic mass is 9.96. The van der Waals surface area contributed by atoms with Gasteiger partial charge in [-0.25, -0.2) is 8.78 Å². The standard InChI is InChI=1S/C14H11ClF2/c1-8-3-4-10(15)5-12(8)13-6-11(16)7-14(17)9(13)2/h3-7H,1-2H3. The van der Waals surface area contributed by atoms with Gasteiger partial charge in [-0.05, 0) is 54.3 Å². The first-order valence-electron chi connectivity index (χ1n) is 5.21. The monoisotopic (exact) mass is 252 g/mol. The number of hydrogen-bond acceptors (Lipinski definition) is 0. The van der Waals surface area contributed by atoms with E-state index in [4.69, 9.17) is 11.6 Å². The van der Waals surface area contributed by atoms with Crippen LogP contribution in [0.3, 0.4) is 0 Å².